The third kappa shape index (κ3) is 4.26. The molecule has 7 heteroatoms. The van der Waals surface area contributed by atoms with Gasteiger partial charge in [0, 0.05) is 11.0 Å². The summed E-state index contributed by atoms with van der Waals surface area (Å²) in [4.78, 5) is 11.7. The lowest BCUT2D eigenvalue weighted by atomic mass is 10.1. The van der Waals surface area contributed by atoms with Crippen LogP contribution in [-0.4, -0.2) is 43.8 Å². The largest absolute Gasteiger partial charge is 0.494 e. The number of rotatable bonds is 6. The summed E-state index contributed by atoms with van der Waals surface area (Å²) < 4.78 is 10.6. The standard InChI is InChI=1S/C12H15BrClNO4/c1-18-11-9(12(17)19-2)3-7(13)4-10(11)15-6-8(16)5-14/h3-4,8,15-16H,5-6H2,1-2H3. The maximum absolute atomic E-state index is 11.7. The number of alkyl halides is 1. The summed E-state index contributed by atoms with van der Waals surface area (Å²) in [6, 6.07) is 3.35. The van der Waals surface area contributed by atoms with E-state index in [1.165, 1.54) is 14.2 Å². The van der Waals surface area contributed by atoms with E-state index in [1.807, 2.05) is 0 Å². The molecule has 1 aromatic rings. The van der Waals surface area contributed by atoms with Crippen LogP contribution >= 0.6 is 27.5 Å². The van der Waals surface area contributed by atoms with Crippen molar-refractivity contribution >= 4 is 39.2 Å². The van der Waals surface area contributed by atoms with Crippen molar-refractivity contribution in [2.45, 2.75) is 6.10 Å². The summed E-state index contributed by atoms with van der Waals surface area (Å²) in [6.45, 7) is 0.247. The number of esters is 1. The van der Waals surface area contributed by atoms with Gasteiger partial charge in [0.25, 0.3) is 0 Å². The summed E-state index contributed by atoms with van der Waals surface area (Å²) in [5, 5.41) is 12.4. The fourth-order valence-corrected chi connectivity index (χ4v) is 2.06. The third-order valence-corrected chi connectivity index (χ3v) is 3.18. The smallest absolute Gasteiger partial charge is 0.341 e. The quantitative estimate of drug-likeness (QED) is 0.607. The molecule has 0 bridgehead atoms. The Balaban J connectivity index is 3.08. The molecule has 106 valence electrons. The second-order valence-corrected chi connectivity index (χ2v) is 4.94. The van der Waals surface area contributed by atoms with Gasteiger partial charge in [-0.05, 0) is 12.1 Å². The van der Waals surface area contributed by atoms with Crippen LogP contribution in [-0.2, 0) is 4.74 Å². The van der Waals surface area contributed by atoms with Crippen LogP contribution in [0.15, 0.2) is 16.6 Å². The minimum atomic E-state index is -0.688. The van der Waals surface area contributed by atoms with Crippen molar-refractivity contribution < 1.29 is 19.4 Å². The molecule has 0 amide bonds. The highest BCUT2D eigenvalue weighted by Gasteiger charge is 2.18. The highest BCUT2D eigenvalue weighted by atomic mass is 79.9. The fraction of sp³-hybridized carbons (Fsp3) is 0.417. The lowest BCUT2D eigenvalue weighted by Gasteiger charge is -2.16. The fourth-order valence-electron chi connectivity index (χ4n) is 1.49. The van der Waals surface area contributed by atoms with Gasteiger partial charge in [-0.3, -0.25) is 0 Å². The first kappa shape index (κ1) is 16.1. The van der Waals surface area contributed by atoms with Crippen molar-refractivity contribution in [3.8, 4) is 5.75 Å². The first-order valence-corrected chi connectivity index (χ1v) is 6.80. The van der Waals surface area contributed by atoms with Gasteiger partial charge in [-0.15, -0.1) is 11.6 Å². The molecule has 19 heavy (non-hydrogen) atoms. The molecule has 0 spiro atoms. The van der Waals surface area contributed by atoms with Crippen LogP contribution in [0.1, 0.15) is 10.4 Å². The van der Waals surface area contributed by atoms with Crippen LogP contribution in [0.5, 0.6) is 5.75 Å². The van der Waals surface area contributed by atoms with Crippen LogP contribution in [0.4, 0.5) is 5.69 Å². The summed E-state index contributed by atoms with van der Waals surface area (Å²) in [5.41, 5.74) is 0.865. The maximum atomic E-state index is 11.7. The number of benzene rings is 1. The third-order valence-electron chi connectivity index (χ3n) is 2.37. The molecule has 0 aliphatic heterocycles. The molecule has 0 heterocycles. The second kappa shape index (κ2) is 7.57. The van der Waals surface area contributed by atoms with Gasteiger partial charge in [0.2, 0.25) is 0 Å². The first-order valence-electron chi connectivity index (χ1n) is 5.47. The summed E-state index contributed by atoms with van der Waals surface area (Å²) in [5.74, 6) is -0.0244. The monoisotopic (exact) mass is 351 g/mol. The molecular weight excluding hydrogens is 337 g/mol. The van der Waals surface area contributed by atoms with Gasteiger partial charge in [-0.1, -0.05) is 15.9 Å². The van der Waals surface area contributed by atoms with E-state index in [2.05, 4.69) is 21.2 Å². The van der Waals surface area contributed by atoms with Crippen molar-refractivity contribution in [1.82, 2.24) is 0 Å². The topological polar surface area (TPSA) is 67.8 Å². The Morgan fingerprint density at radius 3 is 2.74 bits per heavy atom. The SMILES string of the molecule is COC(=O)c1cc(Br)cc(NCC(O)CCl)c1OC. The first-order chi connectivity index (χ1) is 9.03. The highest BCUT2D eigenvalue weighted by molar-refractivity contribution is 9.10. The zero-order valence-electron chi connectivity index (χ0n) is 10.6. The van der Waals surface area contributed by atoms with E-state index < -0.39 is 12.1 Å². The van der Waals surface area contributed by atoms with Gasteiger partial charge in [-0.2, -0.15) is 0 Å². The number of hydrogen-bond acceptors (Lipinski definition) is 5. The number of ether oxygens (including phenoxy) is 2. The van der Waals surface area contributed by atoms with E-state index in [0.29, 0.717) is 21.5 Å². The Labute approximate surface area is 125 Å². The number of methoxy groups -OCH3 is 2. The van der Waals surface area contributed by atoms with Gasteiger partial charge in [-0.25, -0.2) is 4.79 Å². The Morgan fingerprint density at radius 1 is 1.53 bits per heavy atom. The van der Waals surface area contributed by atoms with E-state index in [0.717, 1.165) is 0 Å². The van der Waals surface area contributed by atoms with Gasteiger partial charge in [0.05, 0.1) is 31.9 Å². The molecule has 0 aromatic heterocycles. The lowest BCUT2D eigenvalue weighted by molar-refractivity contribution is 0.0597. The molecule has 5 nitrogen and oxygen atoms in total. The Bertz CT molecular complexity index is 456. The number of carbonyl (C=O) groups excluding carboxylic acids is 1. The van der Waals surface area contributed by atoms with E-state index in [9.17, 15) is 9.90 Å². The van der Waals surface area contributed by atoms with E-state index in [4.69, 9.17) is 21.1 Å². The zero-order valence-corrected chi connectivity index (χ0v) is 12.9. The van der Waals surface area contributed by atoms with Crippen LogP contribution in [0.25, 0.3) is 0 Å². The molecule has 0 fully saturated rings. The van der Waals surface area contributed by atoms with Crippen molar-refractivity contribution in [2.75, 3.05) is 32.0 Å². The molecule has 1 atom stereocenters. The number of halogens is 2. The number of hydrogen-bond donors (Lipinski definition) is 2. The van der Waals surface area contributed by atoms with Crippen LogP contribution < -0.4 is 10.1 Å². The molecule has 0 aliphatic rings. The van der Waals surface area contributed by atoms with Crippen molar-refractivity contribution in [3.63, 3.8) is 0 Å². The molecule has 0 aliphatic carbocycles. The summed E-state index contributed by atoms with van der Waals surface area (Å²) in [7, 11) is 2.76. The zero-order chi connectivity index (χ0) is 14.4. The average molecular weight is 353 g/mol. The molecule has 0 saturated heterocycles. The minimum Gasteiger partial charge on any atom is -0.494 e. The number of anilines is 1. The molecule has 1 unspecified atom stereocenters. The molecule has 1 rings (SSSR count). The van der Waals surface area contributed by atoms with Crippen LogP contribution in [0.2, 0.25) is 0 Å². The second-order valence-electron chi connectivity index (χ2n) is 3.71. The van der Waals surface area contributed by atoms with Crippen molar-refractivity contribution in [2.24, 2.45) is 0 Å². The summed E-state index contributed by atoms with van der Waals surface area (Å²) >= 11 is 8.83. The highest BCUT2D eigenvalue weighted by Crippen LogP contribution is 2.33. The Morgan fingerprint density at radius 2 is 2.21 bits per heavy atom. The maximum Gasteiger partial charge on any atom is 0.341 e. The lowest BCUT2D eigenvalue weighted by Crippen LogP contribution is -2.21. The van der Waals surface area contributed by atoms with Crippen LogP contribution in [0.3, 0.4) is 0 Å². The number of nitrogens with one attached hydrogen (secondary N) is 1. The average Bonchev–Trinajstić information content (AvgIpc) is 2.42. The number of aliphatic hydroxyl groups is 1. The number of carbonyl (C=O) groups is 1. The van der Waals surface area contributed by atoms with E-state index in [-0.39, 0.29) is 12.4 Å². The van der Waals surface area contributed by atoms with Crippen molar-refractivity contribution in [3.05, 3.63) is 22.2 Å². The minimum absolute atomic E-state index is 0.118. The summed E-state index contributed by atoms with van der Waals surface area (Å²) in [6.07, 6.45) is -0.688. The molecule has 2 N–H and O–H groups in total. The van der Waals surface area contributed by atoms with Crippen LogP contribution in [0, 0.1) is 0 Å². The van der Waals surface area contributed by atoms with Gasteiger partial charge in [0.15, 0.2) is 5.75 Å². The van der Waals surface area contributed by atoms with Gasteiger partial charge in [0.1, 0.15) is 5.56 Å². The predicted octanol–water partition coefficient (Wildman–Crippen LogP) is 2.26. The molecule has 0 radical (unpaired) electrons. The Kier molecular flexibility index (Phi) is 6.41. The van der Waals surface area contributed by atoms with E-state index >= 15 is 0 Å². The van der Waals surface area contributed by atoms with Gasteiger partial charge >= 0.3 is 5.97 Å². The predicted molar refractivity (Wildman–Crippen MR) is 77.3 cm³/mol. The number of aliphatic hydroxyl groups excluding tert-OH is 1. The molecule has 1 aromatic carbocycles. The van der Waals surface area contributed by atoms with E-state index in [1.54, 1.807) is 12.1 Å². The Hall–Kier alpha value is -0.980. The normalized spacial score (nSPS) is 11.8. The van der Waals surface area contributed by atoms with Gasteiger partial charge < -0.3 is 19.9 Å². The molecular formula is C12H15BrClNO4. The van der Waals surface area contributed by atoms with Crippen molar-refractivity contribution in [1.29, 1.82) is 0 Å². The molecule has 0 saturated carbocycles.